The first-order valence-electron chi connectivity index (χ1n) is 9.41. The van der Waals surface area contributed by atoms with Crippen molar-refractivity contribution < 1.29 is 26.4 Å². The van der Waals surface area contributed by atoms with Gasteiger partial charge in [-0.05, 0) is 31.0 Å². The summed E-state index contributed by atoms with van der Waals surface area (Å²) in [5.41, 5.74) is -0.917. The number of hydrogen-bond acceptors (Lipinski definition) is 3. The largest absolute Gasteiger partial charge is 0.416 e. The Bertz CT molecular complexity index is 798. The number of rotatable bonds is 3. The second kappa shape index (κ2) is 8.38. The van der Waals surface area contributed by atoms with Crippen LogP contribution in [0, 0.1) is 0 Å². The molecule has 0 atom stereocenters. The molecule has 2 aliphatic heterocycles. The van der Waals surface area contributed by atoms with E-state index in [4.69, 9.17) is 0 Å². The lowest BCUT2D eigenvalue weighted by atomic mass is 10.1. The van der Waals surface area contributed by atoms with Crippen LogP contribution in [0.15, 0.2) is 24.3 Å². The van der Waals surface area contributed by atoms with E-state index in [1.807, 2.05) is 0 Å². The summed E-state index contributed by atoms with van der Waals surface area (Å²) in [7, 11) is -3.57. The van der Waals surface area contributed by atoms with Gasteiger partial charge in [-0.2, -0.15) is 30.2 Å². The summed E-state index contributed by atoms with van der Waals surface area (Å²) >= 11 is 0. The highest BCUT2D eigenvalue weighted by Gasteiger charge is 2.35. The average Bonchev–Trinajstić information content (AvgIpc) is 2.97. The minimum atomic E-state index is -4.52. The number of piperazine rings is 1. The molecule has 0 spiro atoms. The highest BCUT2D eigenvalue weighted by molar-refractivity contribution is 7.86. The summed E-state index contributed by atoms with van der Waals surface area (Å²) in [6.45, 7) is 1.61. The molecule has 0 N–H and O–H groups in total. The summed E-state index contributed by atoms with van der Waals surface area (Å²) in [5.74, 6) is -0.516. The Morgan fingerprint density at radius 3 is 2.00 bits per heavy atom. The molecular weight excluding hydrogens is 395 g/mol. The van der Waals surface area contributed by atoms with Gasteiger partial charge in [0.05, 0.1) is 5.56 Å². The molecule has 2 aliphatic rings. The van der Waals surface area contributed by atoms with Gasteiger partial charge in [-0.1, -0.05) is 18.9 Å². The maximum absolute atomic E-state index is 12.9. The summed E-state index contributed by atoms with van der Waals surface area (Å²) in [4.78, 5) is 14.0. The Labute approximate surface area is 163 Å². The maximum Gasteiger partial charge on any atom is 0.416 e. The molecule has 0 bridgehead atoms. The number of alkyl halides is 3. The molecule has 3 rings (SSSR count). The quantitative estimate of drug-likeness (QED) is 0.757. The predicted octanol–water partition coefficient (Wildman–Crippen LogP) is 2.58. The van der Waals surface area contributed by atoms with Gasteiger partial charge in [-0.3, -0.25) is 4.79 Å². The number of nitrogens with zero attached hydrogens (tertiary/aromatic N) is 3. The first kappa shape index (κ1) is 21.1. The third-order valence-electron chi connectivity index (χ3n) is 5.18. The molecular formula is C18H24F3N3O3S. The second-order valence-corrected chi connectivity index (χ2v) is 9.02. The van der Waals surface area contributed by atoms with E-state index in [2.05, 4.69) is 0 Å². The fourth-order valence-electron chi connectivity index (χ4n) is 3.57. The number of hydrogen-bond donors (Lipinski definition) is 0. The van der Waals surface area contributed by atoms with Crippen molar-refractivity contribution in [3.05, 3.63) is 35.4 Å². The molecule has 6 nitrogen and oxygen atoms in total. The highest BCUT2D eigenvalue weighted by atomic mass is 32.2. The number of halogens is 3. The molecule has 156 valence electrons. The fourth-order valence-corrected chi connectivity index (χ4v) is 5.24. The van der Waals surface area contributed by atoms with Gasteiger partial charge in [0.2, 0.25) is 0 Å². The zero-order chi connectivity index (χ0) is 20.4. The van der Waals surface area contributed by atoms with Crippen molar-refractivity contribution in [2.24, 2.45) is 0 Å². The molecule has 1 aromatic carbocycles. The Hall–Kier alpha value is -1.65. The normalized spacial score (nSPS) is 20.8. The van der Waals surface area contributed by atoms with Crippen molar-refractivity contribution in [3.63, 3.8) is 0 Å². The van der Waals surface area contributed by atoms with Crippen LogP contribution in [0.2, 0.25) is 0 Å². The van der Waals surface area contributed by atoms with Crippen LogP contribution >= 0.6 is 0 Å². The van der Waals surface area contributed by atoms with E-state index in [-0.39, 0.29) is 31.7 Å². The minimum absolute atomic E-state index is 0.0429. The van der Waals surface area contributed by atoms with Crippen molar-refractivity contribution in [2.45, 2.75) is 31.9 Å². The third kappa shape index (κ3) is 4.66. The number of carbonyl (C=O) groups excluding carboxylic acids is 1. The Morgan fingerprint density at radius 1 is 0.857 bits per heavy atom. The van der Waals surface area contributed by atoms with E-state index in [1.165, 1.54) is 25.6 Å². The van der Waals surface area contributed by atoms with E-state index >= 15 is 0 Å². The molecule has 2 saturated heterocycles. The Morgan fingerprint density at radius 2 is 1.43 bits per heavy atom. The van der Waals surface area contributed by atoms with Crippen LogP contribution in [0.5, 0.6) is 0 Å². The molecule has 10 heteroatoms. The standard InChI is InChI=1S/C18H24F3N3O3S/c19-18(20,21)16-7-5-6-15(14-16)17(25)22-10-12-24(13-11-22)28(26,27)23-8-3-1-2-4-9-23/h5-7,14H,1-4,8-13H2. The van der Waals surface area contributed by atoms with Crippen LogP contribution in [0.4, 0.5) is 13.2 Å². The molecule has 0 aliphatic carbocycles. The topological polar surface area (TPSA) is 60.9 Å². The van der Waals surface area contributed by atoms with Crippen LogP contribution in [-0.4, -0.2) is 67.1 Å². The minimum Gasteiger partial charge on any atom is -0.336 e. The van der Waals surface area contributed by atoms with Crippen molar-refractivity contribution >= 4 is 16.1 Å². The van der Waals surface area contributed by atoms with Crippen LogP contribution in [-0.2, 0) is 16.4 Å². The van der Waals surface area contributed by atoms with Crippen molar-refractivity contribution in [1.29, 1.82) is 0 Å². The van der Waals surface area contributed by atoms with Crippen LogP contribution < -0.4 is 0 Å². The van der Waals surface area contributed by atoms with E-state index in [0.717, 1.165) is 37.8 Å². The first-order valence-corrected chi connectivity index (χ1v) is 10.8. The van der Waals surface area contributed by atoms with Gasteiger partial charge in [-0.25, -0.2) is 0 Å². The average molecular weight is 419 g/mol. The van der Waals surface area contributed by atoms with Gasteiger partial charge in [0.1, 0.15) is 0 Å². The van der Waals surface area contributed by atoms with E-state index < -0.39 is 27.9 Å². The molecule has 1 aromatic rings. The summed E-state index contributed by atoms with van der Waals surface area (Å²) in [5, 5.41) is 0. The van der Waals surface area contributed by atoms with Gasteiger partial charge in [0.15, 0.2) is 0 Å². The zero-order valence-electron chi connectivity index (χ0n) is 15.5. The lowest BCUT2D eigenvalue weighted by Crippen LogP contribution is -2.54. The van der Waals surface area contributed by atoms with E-state index in [9.17, 15) is 26.4 Å². The van der Waals surface area contributed by atoms with Crippen molar-refractivity contribution in [1.82, 2.24) is 13.5 Å². The maximum atomic E-state index is 12.9. The van der Waals surface area contributed by atoms with Gasteiger partial charge in [0, 0.05) is 44.8 Å². The molecule has 0 radical (unpaired) electrons. The van der Waals surface area contributed by atoms with Crippen LogP contribution in [0.1, 0.15) is 41.6 Å². The monoisotopic (exact) mass is 419 g/mol. The molecule has 1 amide bonds. The van der Waals surface area contributed by atoms with Crippen molar-refractivity contribution in [2.75, 3.05) is 39.3 Å². The molecule has 0 aromatic heterocycles. The summed E-state index contributed by atoms with van der Waals surface area (Å²) in [6, 6.07) is 4.30. The van der Waals surface area contributed by atoms with E-state index in [0.29, 0.717) is 13.1 Å². The lowest BCUT2D eigenvalue weighted by Gasteiger charge is -2.36. The number of carbonyl (C=O) groups is 1. The smallest absolute Gasteiger partial charge is 0.336 e. The highest BCUT2D eigenvalue weighted by Crippen LogP contribution is 2.30. The summed E-state index contributed by atoms with van der Waals surface area (Å²) in [6.07, 6.45) is -0.798. The SMILES string of the molecule is O=C(c1cccc(C(F)(F)F)c1)N1CCN(S(=O)(=O)N2CCCCCC2)CC1. The fraction of sp³-hybridized carbons (Fsp3) is 0.611. The van der Waals surface area contributed by atoms with Crippen molar-refractivity contribution in [3.8, 4) is 0 Å². The van der Waals surface area contributed by atoms with Gasteiger partial charge in [-0.15, -0.1) is 0 Å². The first-order chi connectivity index (χ1) is 13.2. The predicted molar refractivity (Wildman–Crippen MR) is 97.9 cm³/mol. The lowest BCUT2D eigenvalue weighted by molar-refractivity contribution is -0.137. The Balaban J connectivity index is 1.64. The van der Waals surface area contributed by atoms with Gasteiger partial charge >= 0.3 is 6.18 Å². The Kier molecular flexibility index (Phi) is 6.31. The molecule has 28 heavy (non-hydrogen) atoms. The molecule has 2 heterocycles. The number of amides is 1. The molecule has 0 unspecified atom stereocenters. The molecule has 2 fully saturated rings. The van der Waals surface area contributed by atoms with Crippen LogP contribution in [0.25, 0.3) is 0 Å². The van der Waals surface area contributed by atoms with E-state index in [1.54, 1.807) is 0 Å². The summed E-state index contributed by atoms with van der Waals surface area (Å²) < 4.78 is 67.1. The molecule has 0 saturated carbocycles. The second-order valence-electron chi connectivity index (χ2n) is 7.09. The number of benzene rings is 1. The van der Waals surface area contributed by atoms with Gasteiger partial charge in [0.25, 0.3) is 16.1 Å². The van der Waals surface area contributed by atoms with Crippen LogP contribution in [0.3, 0.4) is 0 Å². The zero-order valence-corrected chi connectivity index (χ0v) is 16.3. The van der Waals surface area contributed by atoms with Gasteiger partial charge < -0.3 is 4.90 Å². The third-order valence-corrected chi connectivity index (χ3v) is 7.22.